The minimum atomic E-state index is 0.0824. The number of carbonyl (C=O) groups is 1. The molecule has 0 aromatic carbocycles. The van der Waals surface area contributed by atoms with E-state index in [9.17, 15) is 4.79 Å². The Morgan fingerprint density at radius 1 is 1.47 bits per heavy atom. The van der Waals surface area contributed by atoms with Crippen LogP contribution in [0.5, 0.6) is 5.88 Å². The van der Waals surface area contributed by atoms with Crippen LogP contribution >= 0.6 is 0 Å². The molecule has 0 fully saturated rings. The minimum Gasteiger partial charge on any atom is -0.477 e. The van der Waals surface area contributed by atoms with Gasteiger partial charge in [-0.1, -0.05) is 26.8 Å². The van der Waals surface area contributed by atoms with Gasteiger partial charge in [-0.15, -0.1) is 0 Å². The summed E-state index contributed by atoms with van der Waals surface area (Å²) >= 11 is 0. The summed E-state index contributed by atoms with van der Waals surface area (Å²) in [6, 6.07) is 3.79. The second kappa shape index (κ2) is 8.51. The van der Waals surface area contributed by atoms with Gasteiger partial charge in [0, 0.05) is 24.7 Å². The molecule has 0 atom stereocenters. The van der Waals surface area contributed by atoms with Gasteiger partial charge >= 0.3 is 0 Å². The number of rotatable bonds is 8. The zero-order valence-corrected chi connectivity index (χ0v) is 12.1. The summed E-state index contributed by atoms with van der Waals surface area (Å²) in [5, 5.41) is 2.91. The molecule has 1 aromatic rings. The van der Waals surface area contributed by atoms with Crippen molar-refractivity contribution in [2.45, 2.75) is 46.6 Å². The smallest absolute Gasteiger partial charge is 0.220 e. The van der Waals surface area contributed by atoms with E-state index in [1.165, 1.54) is 0 Å². The van der Waals surface area contributed by atoms with Crippen LogP contribution in [0.3, 0.4) is 0 Å². The van der Waals surface area contributed by atoms with E-state index in [-0.39, 0.29) is 5.91 Å². The summed E-state index contributed by atoms with van der Waals surface area (Å²) < 4.78 is 5.55. The Morgan fingerprint density at radius 2 is 2.26 bits per heavy atom. The molecule has 0 bridgehead atoms. The molecule has 0 aliphatic heterocycles. The van der Waals surface area contributed by atoms with Crippen LogP contribution in [-0.4, -0.2) is 17.5 Å². The molecular formula is C15H24N2O2. The number of hydrogen-bond acceptors (Lipinski definition) is 3. The minimum absolute atomic E-state index is 0.0824. The summed E-state index contributed by atoms with van der Waals surface area (Å²) in [4.78, 5) is 15.9. The van der Waals surface area contributed by atoms with E-state index in [1.807, 2.05) is 12.1 Å². The van der Waals surface area contributed by atoms with Crippen LogP contribution in [0.25, 0.3) is 0 Å². The third kappa shape index (κ3) is 6.22. The first-order chi connectivity index (χ1) is 9.13. The molecule has 19 heavy (non-hydrogen) atoms. The Morgan fingerprint density at radius 3 is 2.95 bits per heavy atom. The van der Waals surface area contributed by atoms with E-state index in [2.05, 4.69) is 31.1 Å². The lowest BCUT2D eigenvalue weighted by Crippen LogP contribution is -2.23. The standard InChI is InChI=1S/C15H24N2O2/c1-4-10-19-15-13(6-5-9-16-15)11-17-14(18)8-7-12(2)3/h5-6,9,12H,4,7-8,10-11H2,1-3H3,(H,17,18). The predicted octanol–water partition coefficient (Wildman–Crippen LogP) is 2.92. The molecular weight excluding hydrogens is 240 g/mol. The molecule has 1 aromatic heterocycles. The van der Waals surface area contributed by atoms with Crippen LogP contribution in [0, 0.1) is 5.92 Å². The van der Waals surface area contributed by atoms with Crippen molar-refractivity contribution in [3.63, 3.8) is 0 Å². The summed E-state index contributed by atoms with van der Waals surface area (Å²) in [6.45, 7) is 7.40. The van der Waals surface area contributed by atoms with Gasteiger partial charge in [0.1, 0.15) is 0 Å². The number of nitrogens with one attached hydrogen (secondary N) is 1. The van der Waals surface area contributed by atoms with E-state index in [4.69, 9.17) is 4.74 Å². The van der Waals surface area contributed by atoms with Crippen molar-refractivity contribution in [3.8, 4) is 5.88 Å². The molecule has 1 rings (SSSR count). The fraction of sp³-hybridized carbons (Fsp3) is 0.600. The van der Waals surface area contributed by atoms with Crippen molar-refractivity contribution < 1.29 is 9.53 Å². The highest BCUT2D eigenvalue weighted by atomic mass is 16.5. The van der Waals surface area contributed by atoms with Gasteiger partial charge in [0.05, 0.1) is 6.61 Å². The molecule has 0 aliphatic rings. The Hall–Kier alpha value is -1.58. The number of carbonyl (C=O) groups excluding carboxylic acids is 1. The lowest BCUT2D eigenvalue weighted by molar-refractivity contribution is -0.121. The second-order valence-corrected chi connectivity index (χ2v) is 5.03. The monoisotopic (exact) mass is 264 g/mol. The van der Waals surface area contributed by atoms with E-state index >= 15 is 0 Å². The highest BCUT2D eigenvalue weighted by molar-refractivity contribution is 5.75. The molecule has 1 N–H and O–H groups in total. The molecule has 0 saturated carbocycles. The third-order valence-electron chi connectivity index (χ3n) is 2.72. The lowest BCUT2D eigenvalue weighted by Gasteiger charge is -2.11. The number of aromatic nitrogens is 1. The fourth-order valence-electron chi connectivity index (χ4n) is 1.59. The van der Waals surface area contributed by atoms with Crippen molar-refractivity contribution in [1.82, 2.24) is 10.3 Å². The van der Waals surface area contributed by atoms with Gasteiger partial charge in [0.2, 0.25) is 11.8 Å². The van der Waals surface area contributed by atoms with Gasteiger partial charge in [-0.25, -0.2) is 4.98 Å². The Kier molecular flexibility index (Phi) is 6.93. The summed E-state index contributed by atoms with van der Waals surface area (Å²) in [6.07, 6.45) is 4.13. The maximum absolute atomic E-state index is 11.7. The first-order valence-electron chi connectivity index (χ1n) is 6.96. The van der Waals surface area contributed by atoms with Gasteiger partial charge < -0.3 is 10.1 Å². The van der Waals surface area contributed by atoms with E-state index in [0.29, 0.717) is 31.4 Å². The zero-order chi connectivity index (χ0) is 14.1. The summed E-state index contributed by atoms with van der Waals surface area (Å²) in [5.41, 5.74) is 0.925. The number of amides is 1. The molecule has 0 radical (unpaired) electrons. The first kappa shape index (κ1) is 15.5. The number of hydrogen-bond donors (Lipinski definition) is 1. The molecule has 1 heterocycles. The molecule has 106 valence electrons. The van der Waals surface area contributed by atoms with Crippen LogP contribution in [0.2, 0.25) is 0 Å². The van der Waals surface area contributed by atoms with E-state index in [0.717, 1.165) is 18.4 Å². The van der Waals surface area contributed by atoms with Gasteiger partial charge in [-0.05, 0) is 24.8 Å². The molecule has 0 saturated heterocycles. The Balaban J connectivity index is 2.45. The predicted molar refractivity (Wildman–Crippen MR) is 75.9 cm³/mol. The SMILES string of the molecule is CCCOc1ncccc1CNC(=O)CCC(C)C. The van der Waals surface area contributed by atoms with Crippen molar-refractivity contribution in [2.75, 3.05) is 6.61 Å². The zero-order valence-electron chi connectivity index (χ0n) is 12.1. The Bertz CT molecular complexity index is 391. The van der Waals surface area contributed by atoms with Crippen molar-refractivity contribution in [3.05, 3.63) is 23.9 Å². The van der Waals surface area contributed by atoms with Gasteiger partial charge in [0.15, 0.2) is 0 Å². The van der Waals surface area contributed by atoms with E-state index in [1.54, 1.807) is 6.20 Å². The quantitative estimate of drug-likeness (QED) is 0.785. The average molecular weight is 264 g/mol. The van der Waals surface area contributed by atoms with Crippen molar-refractivity contribution in [2.24, 2.45) is 5.92 Å². The maximum Gasteiger partial charge on any atom is 0.220 e. The summed E-state index contributed by atoms with van der Waals surface area (Å²) in [7, 11) is 0. The first-order valence-corrected chi connectivity index (χ1v) is 6.96. The van der Waals surface area contributed by atoms with Gasteiger partial charge in [-0.3, -0.25) is 4.79 Å². The normalized spacial score (nSPS) is 10.5. The largest absolute Gasteiger partial charge is 0.477 e. The van der Waals surface area contributed by atoms with E-state index < -0.39 is 0 Å². The molecule has 0 spiro atoms. The molecule has 4 heteroatoms. The topological polar surface area (TPSA) is 51.2 Å². The average Bonchev–Trinajstić information content (AvgIpc) is 2.41. The van der Waals surface area contributed by atoms with Crippen molar-refractivity contribution >= 4 is 5.91 Å². The molecule has 4 nitrogen and oxygen atoms in total. The summed E-state index contributed by atoms with van der Waals surface area (Å²) in [5.74, 6) is 1.25. The van der Waals surface area contributed by atoms with Crippen LogP contribution in [0.4, 0.5) is 0 Å². The van der Waals surface area contributed by atoms with Crippen LogP contribution in [0.1, 0.15) is 45.6 Å². The van der Waals surface area contributed by atoms with Crippen LogP contribution in [0.15, 0.2) is 18.3 Å². The molecule has 1 amide bonds. The second-order valence-electron chi connectivity index (χ2n) is 5.03. The van der Waals surface area contributed by atoms with Gasteiger partial charge in [-0.2, -0.15) is 0 Å². The highest BCUT2D eigenvalue weighted by Gasteiger charge is 2.07. The number of pyridine rings is 1. The van der Waals surface area contributed by atoms with Crippen LogP contribution < -0.4 is 10.1 Å². The van der Waals surface area contributed by atoms with Crippen molar-refractivity contribution in [1.29, 1.82) is 0 Å². The molecule has 0 unspecified atom stereocenters. The highest BCUT2D eigenvalue weighted by Crippen LogP contribution is 2.14. The lowest BCUT2D eigenvalue weighted by atomic mass is 10.1. The maximum atomic E-state index is 11.7. The fourth-order valence-corrected chi connectivity index (χ4v) is 1.59. The Labute approximate surface area is 115 Å². The number of ether oxygens (including phenoxy) is 1. The molecule has 0 aliphatic carbocycles. The number of nitrogens with zero attached hydrogens (tertiary/aromatic N) is 1. The van der Waals surface area contributed by atoms with Gasteiger partial charge in [0.25, 0.3) is 0 Å². The van der Waals surface area contributed by atoms with Crippen LogP contribution in [-0.2, 0) is 11.3 Å². The third-order valence-corrected chi connectivity index (χ3v) is 2.72.